The number of hydrogen-bond acceptors (Lipinski definition) is 6. The van der Waals surface area contributed by atoms with Crippen LogP contribution in [0.25, 0.3) is 5.69 Å². The Balaban J connectivity index is 1.25. The van der Waals surface area contributed by atoms with Gasteiger partial charge in [0, 0.05) is 31.9 Å². The molecule has 0 bridgehead atoms. The van der Waals surface area contributed by atoms with Crippen LogP contribution in [-0.2, 0) is 17.1 Å². The number of benzene rings is 2. The van der Waals surface area contributed by atoms with Gasteiger partial charge in [0.25, 0.3) is 0 Å². The third-order valence-electron chi connectivity index (χ3n) is 5.01. The number of nitrogens with zero attached hydrogens (tertiary/aromatic N) is 6. The Bertz CT molecular complexity index is 974. The van der Waals surface area contributed by atoms with E-state index >= 15 is 0 Å². The highest BCUT2D eigenvalue weighted by Crippen LogP contribution is 2.15. The van der Waals surface area contributed by atoms with Crippen molar-refractivity contribution in [2.45, 2.75) is 12.3 Å². The molecule has 1 aliphatic heterocycles. The fourth-order valence-electron chi connectivity index (χ4n) is 3.39. The van der Waals surface area contributed by atoms with Crippen LogP contribution < -0.4 is 0 Å². The summed E-state index contributed by atoms with van der Waals surface area (Å²) in [5.74, 6) is 1.84. The summed E-state index contributed by atoms with van der Waals surface area (Å²) < 4.78 is 15.1. The summed E-state index contributed by atoms with van der Waals surface area (Å²) in [6, 6.07) is 16.4. The molecule has 0 unspecified atom stereocenters. The molecule has 9 heteroatoms. The maximum Gasteiger partial charge on any atom is 0.232 e. The van der Waals surface area contributed by atoms with Crippen molar-refractivity contribution in [2.75, 3.05) is 31.9 Å². The highest BCUT2D eigenvalue weighted by atomic mass is 32.2. The third kappa shape index (κ3) is 5.22. The van der Waals surface area contributed by atoms with E-state index in [-0.39, 0.29) is 11.7 Å². The monoisotopic (exact) mass is 426 g/mol. The Kier molecular flexibility index (Phi) is 6.70. The number of aromatic nitrogens is 4. The van der Waals surface area contributed by atoms with Crippen LogP contribution in [0.1, 0.15) is 11.4 Å². The van der Waals surface area contributed by atoms with E-state index in [1.165, 1.54) is 17.7 Å². The van der Waals surface area contributed by atoms with Gasteiger partial charge >= 0.3 is 0 Å². The average molecular weight is 427 g/mol. The fraction of sp³-hybridized carbons (Fsp3) is 0.333. The molecule has 30 heavy (non-hydrogen) atoms. The number of piperazine rings is 1. The minimum Gasteiger partial charge on any atom is -0.339 e. The normalized spacial score (nSPS) is 14.8. The van der Waals surface area contributed by atoms with Gasteiger partial charge in [-0.3, -0.25) is 9.69 Å². The first kappa shape index (κ1) is 20.5. The second-order valence-corrected chi connectivity index (χ2v) is 8.11. The molecule has 3 aromatic rings. The lowest BCUT2D eigenvalue weighted by Crippen LogP contribution is -2.49. The number of hydrogen-bond donors (Lipinski definition) is 0. The number of thioether (sulfide) groups is 1. The molecule has 2 heterocycles. The minimum absolute atomic E-state index is 0.181. The molecule has 0 aliphatic carbocycles. The van der Waals surface area contributed by atoms with Crippen molar-refractivity contribution in [3.63, 3.8) is 0 Å². The van der Waals surface area contributed by atoms with E-state index in [4.69, 9.17) is 0 Å². The molecule has 0 saturated carbocycles. The molecule has 1 aliphatic rings. The Hall–Kier alpha value is -2.78. The highest BCUT2D eigenvalue weighted by Gasteiger charge is 2.22. The van der Waals surface area contributed by atoms with Gasteiger partial charge in [-0.05, 0) is 34.2 Å². The minimum atomic E-state index is -0.328. The van der Waals surface area contributed by atoms with E-state index in [0.717, 1.165) is 18.8 Å². The molecule has 1 fully saturated rings. The first-order chi connectivity index (χ1) is 14.7. The molecule has 0 N–H and O–H groups in total. The standard InChI is InChI=1S/C21H23FN6OS/c22-18-7-4-8-19(13-18)28-20(23-24-25-28)14-26-9-11-27(12-10-26)21(29)16-30-15-17-5-2-1-3-6-17/h1-8,13H,9-12,14-16H2. The molecule has 0 atom stereocenters. The Morgan fingerprint density at radius 2 is 1.83 bits per heavy atom. The molecular weight excluding hydrogens is 403 g/mol. The molecule has 156 valence electrons. The largest absolute Gasteiger partial charge is 0.339 e. The van der Waals surface area contributed by atoms with Crippen molar-refractivity contribution in [1.82, 2.24) is 30.0 Å². The predicted molar refractivity (Wildman–Crippen MR) is 114 cm³/mol. The molecule has 0 spiro atoms. The summed E-state index contributed by atoms with van der Waals surface area (Å²) in [7, 11) is 0. The summed E-state index contributed by atoms with van der Waals surface area (Å²) in [5.41, 5.74) is 1.83. The lowest BCUT2D eigenvalue weighted by atomic mass is 10.2. The van der Waals surface area contributed by atoms with Gasteiger partial charge in [-0.15, -0.1) is 16.9 Å². The first-order valence-corrected chi connectivity index (χ1v) is 11.0. The van der Waals surface area contributed by atoms with E-state index in [0.29, 0.717) is 36.9 Å². The molecule has 4 rings (SSSR count). The maximum atomic E-state index is 13.5. The molecule has 1 saturated heterocycles. The number of carbonyl (C=O) groups excluding carboxylic acids is 1. The maximum absolute atomic E-state index is 13.5. The van der Waals surface area contributed by atoms with E-state index < -0.39 is 0 Å². The van der Waals surface area contributed by atoms with Crippen molar-refractivity contribution in [3.05, 3.63) is 71.8 Å². The van der Waals surface area contributed by atoms with Gasteiger partial charge < -0.3 is 4.90 Å². The van der Waals surface area contributed by atoms with E-state index in [1.54, 1.807) is 28.6 Å². The van der Waals surface area contributed by atoms with E-state index in [2.05, 4.69) is 32.6 Å². The van der Waals surface area contributed by atoms with Gasteiger partial charge in [-0.25, -0.2) is 4.39 Å². The number of halogens is 1. The van der Waals surface area contributed by atoms with E-state index in [9.17, 15) is 9.18 Å². The second-order valence-electron chi connectivity index (χ2n) is 7.12. The molecular formula is C21H23FN6OS. The van der Waals surface area contributed by atoms with Gasteiger partial charge in [0.1, 0.15) is 5.82 Å². The summed E-state index contributed by atoms with van der Waals surface area (Å²) in [4.78, 5) is 16.6. The molecule has 7 nitrogen and oxygen atoms in total. The first-order valence-electron chi connectivity index (χ1n) is 9.84. The summed E-state index contributed by atoms with van der Waals surface area (Å²) >= 11 is 1.65. The van der Waals surface area contributed by atoms with Gasteiger partial charge in [-0.2, -0.15) is 4.68 Å². The number of carbonyl (C=O) groups is 1. The predicted octanol–water partition coefficient (Wildman–Crippen LogP) is 2.38. The number of tetrazole rings is 1. The van der Waals surface area contributed by atoms with Crippen LogP contribution >= 0.6 is 11.8 Å². The van der Waals surface area contributed by atoms with Crippen LogP contribution in [0.2, 0.25) is 0 Å². The Morgan fingerprint density at radius 3 is 2.60 bits per heavy atom. The lowest BCUT2D eigenvalue weighted by Gasteiger charge is -2.34. The highest BCUT2D eigenvalue weighted by molar-refractivity contribution is 7.99. The van der Waals surface area contributed by atoms with Gasteiger partial charge in [0.2, 0.25) is 5.91 Å². The SMILES string of the molecule is O=C(CSCc1ccccc1)N1CCN(Cc2nnnn2-c2cccc(F)c2)CC1. The van der Waals surface area contributed by atoms with Gasteiger partial charge in [-0.1, -0.05) is 36.4 Å². The molecule has 1 amide bonds. The van der Waals surface area contributed by atoms with Crippen molar-refractivity contribution >= 4 is 17.7 Å². The van der Waals surface area contributed by atoms with Crippen LogP contribution in [0.15, 0.2) is 54.6 Å². The van der Waals surface area contributed by atoms with Crippen LogP contribution in [0.5, 0.6) is 0 Å². The van der Waals surface area contributed by atoms with Crippen LogP contribution in [0.3, 0.4) is 0 Å². The fourth-order valence-corrected chi connectivity index (χ4v) is 4.28. The number of amides is 1. The molecule has 2 aromatic carbocycles. The quantitative estimate of drug-likeness (QED) is 0.578. The lowest BCUT2D eigenvalue weighted by molar-refractivity contribution is -0.130. The zero-order valence-electron chi connectivity index (χ0n) is 16.5. The topological polar surface area (TPSA) is 67.2 Å². The van der Waals surface area contributed by atoms with Gasteiger partial charge in [0.05, 0.1) is 18.0 Å². The molecule has 1 aromatic heterocycles. The summed E-state index contributed by atoms with van der Waals surface area (Å²) in [6.45, 7) is 3.43. The summed E-state index contributed by atoms with van der Waals surface area (Å²) in [6.07, 6.45) is 0. The van der Waals surface area contributed by atoms with E-state index in [1.807, 2.05) is 23.1 Å². The summed E-state index contributed by atoms with van der Waals surface area (Å²) in [5, 5.41) is 11.8. The van der Waals surface area contributed by atoms with Crippen LogP contribution in [-0.4, -0.2) is 67.8 Å². The van der Waals surface area contributed by atoms with Crippen molar-refractivity contribution in [2.24, 2.45) is 0 Å². The van der Waals surface area contributed by atoms with Gasteiger partial charge in [0.15, 0.2) is 5.82 Å². The van der Waals surface area contributed by atoms with Crippen LogP contribution in [0.4, 0.5) is 4.39 Å². The van der Waals surface area contributed by atoms with Crippen molar-refractivity contribution < 1.29 is 9.18 Å². The molecule has 0 radical (unpaired) electrons. The zero-order chi connectivity index (χ0) is 20.8. The zero-order valence-corrected chi connectivity index (χ0v) is 17.3. The average Bonchev–Trinajstić information content (AvgIpc) is 3.23. The Morgan fingerprint density at radius 1 is 1.03 bits per heavy atom. The smallest absolute Gasteiger partial charge is 0.232 e. The van der Waals surface area contributed by atoms with Crippen LogP contribution in [0, 0.1) is 5.82 Å². The second kappa shape index (κ2) is 9.82. The van der Waals surface area contributed by atoms with Crippen molar-refractivity contribution in [1.29, 1.82) is 0 Å². The van der Waals surface area contributed by atoms with Crippen molar-refractivity contribution in [3.8, 4) is 5.69 Å². The Labute approximate surface area is 178 Å². The number of rotatable bonds is 7. The third-order valence-corrected chi connectivity index (χ3v) is 6.00.